The average molecular weight is 429 g/mol. The van der Waals surface area contributed by atoms with Gasteiger partial charge in [-0.15, -0.1) is 0 Å². The fraction of sp³-hybridized carbons (Fsp3) is 0.333. The number of amides is 1. The van der Waals surface area contributed by atoms with Gasteiger partial charge in [-0.1, -0.05) is 35.1 Å². The van der Waals surface area contributed by atoms with E-state index in [9.17, 15) is 4.79 Å². The molecule has 0 radical (unpaired) electrons. The molecule has 2 aromatic heterocycles. The topological polar surface area (TPSA) is 82.2 Å². The predicted molar refractivity (Wildman–Crippen MR) is 114 cm³/mol. The maximum Gasteiger partial charge on any atom is 0.259 e. The molecule has 3 aromatic rings. The molecule has 6 nitrogen and oxygen atoms in total. The fourth-order valence-corrected chi connectivity index (χ4v) is 5.76. The van der Waals surface area contributed by atoms with Crippen molar-refractivity contribution in [3.05, 3.63) is 57.6 Å². The third-order valence-electron chi connectivity index (χ3n) is 5.80. The number of aromatic nitrogens is 2. The minimum atomic E-state index is -0.409. The molecule has 0 aliphatic carbocycles. The zero-order valence-electron chi connectivity index (χ0n) is 15.7. The Bertz CT molecular complexity index is 1060. The van der Waals surface area contributed by atoms with Crippen LogP contribution in [0.5, 0.6) is 5.06 Å². The van der Waals surface area contributed by atoms with Crippen LogP contribution in [0.2, 0.25) is 5.02 Å². The highest BCUT2D eigenvalue weighted by atomic mass is 35.5. The first kappa shape index (κ1) is 18.7. The number of carbonyl (C=O) groups is 1. The van der Waals surface area contributed by atoms with Gasteiger partial charge in [0.05, 0.1) is 22.7 Å². The van der Waals surface area contributed by atoms with Crippen LogP contribution in [0.4, 0.5) is 0 Å². The number of ether oxygens (including phenoxy) is 1. The number of hydrogen-bond donors (Lipinski definition) is 2. The molecule has 1 saturated heterocycles. The summed E-state index contributed by atoms with van der Waals surface area (Å²) in [7, 11) is 0. The standard InChI is InChI=1S/C21H21ClN4O2S/c22-13-3-1-12(2-4-13)14-5-7-24-11-15(14)17-18-16-6-8-25-26(16)9-10-28-21(18)29-19(17)20(23)27/h1-4,6,8,14-15,24H,5,7,9-11H2,(H2,23,27)/t14-,15+/m1/s1. The Morgan fingerprint density at radius 3 is 2.90 bits per heavy atom. The van der Waals surface area contributed by atoms with Crippen molar-refractivity contribution in [3.8, 4) is 16.3 Å². The molecule has 2 aliphatic heterocycles. The van der Waals surface area contributed by atoms with Crippen LogP contribution >= 0.6 is 22.9 Å². The van der Waals surface area contributed by atoms with E-state index >= 15 is 0 Å². The van der Waals surface area contributed by atoms with Gasteiger partial charge in [0.25, 0.3) is 5.91 Å². The van der Waals surface area contributed by atoms with Gasteiger partial charge in [0.1, 0.15) is 6.61 Å². The zero-order chi connectivity index (χ0) is 20.0. The largest absolute Gasteiger partial charge is 0.481 e. The van der Waals surface area contributed by atoms with Crippen LogP contribution in [0.25, 0.3) is 11.3 Å². The highest BCUT2D eigenvalue weighted by Crippen LogP contribution is 2.51. The molecule has 1 aromatic carbocycles. The number of halogens is 1. The second kappa shape index (κ2) is 7.48. The highest BCUT2D eigenvalue weighted by Gasteiger charge is 2.37. The molecule has 150 valence electrons. The normalized spacial score (nSPS) is 21.0. The molecular formula is C21H21ClN4O2S. The van der Waals surface area contributed by atoms with Crippen molar-refractivity contribution in [3.63, 3.8) is 0 Å². The van der Waals surface area contributed by atoms with Gasteiger partial charge in [0.2, 0.25) is 0 Å². The molecule has 1 fully saturated rings. The van der Waals surface area contributed by atoms with E-state index in [-0.39, 0.29) is 11.8 Å². The summed E-state index contributed by atoms with van der Waals surface area (Å²) in [5, 5.41) is 9.42. The van der Waals surface area contributed by atoms with E-state index in [0.717, 1.165) is 46.4 Å². The van der Waals surface area contributed by atoms with Crippen molar-refractivity contribution < 1.29 is 9.53 Å². The van der Waals surface area contributed by atoms with E-state index in [4.69, 9.17) is 22.1 Å². The average Bonchev–Trinajstić information content (AvgIpc) is 3.29. The van der Waals surface area contributed by atoms with Crippen molar-refractivity contribution in [2.45, 2.75) is 24.8 Å². The van der Waals surface area contributed by atoms with Gasteiger partial charge in [-0.3, -0.25) is 9.48 Å². The minimum Gasteiger partial charge on any atom is -0.481 e. The van der Waals surface area contributed by atoms with E-state index in [1.165, 1.54) is 16.9 Å². The van der Waals surface area contributed by atoms with Crippen LogP contribution in [-0.4, -0.2) is 35.4 Å². The number of piperidine rings is 1. The fourth-order valence-electron chi connectivity index (χ4n) is 4.52. The van der Waals surface area contributed by atoms with Gasteiger partial charge >= 0.3 is 0 Å². The monoisotopic (exact) mass is 428 g/mol. The Kier molecular flexibility index (Phi) is 4.81. The van der Waals surface area contributed by atoms with Crippen molar-refractivity contribution in [1.82, 2.24) is 15.1 Å². The van der Waals surface area contributed by atoms with Gasteiger partial charge < -0.3 is 15.8 Å². The maximum atomic E-state index is 12.4. The summed E-state index contributed by atoms with van der Waals surface area (Å²) in [5.74, 6) is -0.0596. The van der Waals surface area contributed by atoms with Crippen LogP contribution in [0.1, 0.15) is 39.1 Å². The molecule has 1 amide bonds. The SMILES string of the molecule is NC(=O)c1sc2c(c1[C@H]1CNCC[C@@H]1c1ccc(Cl)cc1)-c1ccnn1CCO2. The van der Waals surface area contributed by atoms with E-state index in [1.54, 1.807) is 6.20 Å². The quantitative estimate of drug-likeness (QED) is 0.667. The van der Waals surface area contributed by atoms with E-state index < -0.39 is 5.91 Å². The number of nitrogens with zero attached hydrogens (tertiary/aromatic N) is 2. The third-order valence-corrected chi connectivity index (χ3v) is 7.18. The van der Waals surface area contributed by atoms with Crippen molar-refractivity contribution in [2.24, 2.45) is 5.73 Å². The number of fused-ring (bicyclic) bond motifs is 3. The van der Waals surface area contributed by atoms with E-state index in [1.807, 2.05) is 22.9 Å². The lowest BCUT2D eigenvalue weighted by molar-refractivity contribution is 0.100. The van der Waals surface area contributed by atoms with Crippen LogP contribution in [-0.2, 0) is 6.54 Å². The van der Waals surface area contributed by atoms with Crippen molar-refractivity contribution >= 4 is 28.8 Å². The highest BCUT2D eigenvalue weighted by molar-refractivity contribution is 7.16. The molecule has 29 heavy (non-hydrogen) atoms. The van der Waals surface area contributed by atoms with Crippen LogP contribution in [0, 0.1) is 0 Å². The molecule has 5 rings (SSSR count). The lowest BCUT2D eigenvalue weighted by Gasteiger charge is -2.33. The Hall–Kier alpha value is -2.35. The van der Waals surface area contributed by atoms with Crippen LogP contribution < -0.4 is 15.8 Å². The van der Waals surface area contributed by atoms with Crippen molar-refractivity contribution in [1.29, 1.82) is 0 Å². The summed E-state index contributed by atoms with van der Waals surface area (Å²) in [4.78, 5) is 13.0. The number of nitrogens with two attached hydrogens (primary N) is 1. The predicted octanol–water partition coefficient (Wildman–Crippen LogP) is 3.62. The van der Waals surface area contributed by atoms with Crippen LogP contribution in [0.15, 0.2) is 36.5 Å². The minimum absolute atomic E-state index is 0.0949. The Labute approximate surface area is 177 Å². The number of rotatable bonds is 3. The Balaban J connectivity index is 1.69. The lowest BCUT2D eigenvalue weighted by atomic mass is 9.76. The smallest absolute Gasteiger partial charge is 0.259 e. The summed E-state index contributed by atoms with van der Waals surface area (Å²) in [6.45, 7) is 2.89. The Morgan fingerprint density at radius 1 is 1.28 bits per heavy atom. The molecule has 0 saturated carbocycles. The first-order valence-electron chi connectivity index (χ1n) is 9.71. The number of primary amides is 1. The molecule has 8 heteroatoms. The molecule has 0 unspecified atom stereocenters. The van der Waals surface area contributed by atoms with Gasteiger partial charge in [0.15, 0.2) is 5.06 Å². The Morgan fingerprint density at radius 2 is 2.10 bits per heavy atom. The molecule has 2 aliphatic rings. The summed E-state index contributed by atoms with van der Waals surface area (Å²) < 4.78 is 7.97. The number of thiophene rings is 1. The van der Waals surface area contributed by atoms with Gasteiger partial charge in [-0.2, -0.15) is 5.10 Å². The van der Waals surface area contributed by atoms with E-state index in [0.29, 0.717) is 18.0 Å². The first-order chi connectivity index (χ1) is 14.1. The molecule has 4 heterocycles. The number of carbonyl (C=O) groups excluding carboxylic acids is 1. The summed E-state index contributed by atoms with van der Waals surface area (Å²) in [6, 6.07) is 10.0. The molecule has 3 N–H and O–H groups in total. The molecule has 2 atom stereocenters. The molecule has 0 spiro atoms. The molecule has 0 bridgehead atoms. The lowest BCUT2D eigenvalue weighted by Crippen LogP contribution is -2.35. The second-order valence-electron chi connectivity index (χ2n) is 7.42. The number of nitrogens with one attached hydrogen (secondary N) is 1. The summed E-state index contributed by atoms with van der Waals surface area (Å²) in [5.41, 5.74) is 9.98. The molecular weight excluding hydrogens is 408 g/mol. The van der Waals surface area contributed by atoms with Gasteiger partial charge in [0, 0.05) is 23.7 Å². The van der Waals surface area contributed by atoms with Crippen LogP contribution in [0.3, 0.4) is 0 Å². The second-order valence-corrected chi connectivity index (χ2v) is 8.84. The summed E-state index contributed by atoms with van der Waals surface area (Å²) >= 11 is 7.47. The van der Waals surface area contributed by atoms with E-state index in [2.05, 4.69) is 22.5 Å². The van der Waals surface area contributed by atoms with Gasteiger partial charge in [-0.25, -0.2) is 0 Å². The number of benzene rings is 1. The third kappa shape index (κ3) is 3.23. The van der Waals surface area contributed by atoms with Crippen molar-refractivity contribution in [2.75, 3.05) is 19.7 Å². The number of hydrogen-bond acceptors (Lipinski definition) is 5. The summed E-state index contributed by atoms with van der Waals surface area (Å²) in [6.07, 6.45) is 2.76. The first-order valence-corrected chi connectivity index (χ1v) is 10.9. The van der Waals surface area contributed by atoms with Gasteiger partial charge in [-0.05, 0) is 48.2 Å². The zero-order valence-corrected chi connectivity index (χ0v) is 17.3. The maximum absolute atomic E-state index is 12.4.